The van der Waals surface area contributed by atoms with Gasteiger partial charge in [0.05, 0.1) is 5.75 Å². The second-order valence-corrected chi connectivity index (χ2v) is 5.90. The van der Waals surface area contributed by atoms with Crippen LogP contribution < -0.4 is 5.32 Å². The Morgan fingerprint density at radius 3 is 2.91 bits per heavy atom. The van der Waals surface area contributed by atoms with Crippen molar-refractivity contribution >= 4 is 28.8 Å². The molecule has 2 heterocycles. The minimum Gasteiger partial charge on any atom is -0.355 e. The molecule has 0 aliphatic rings. The first-order chi connectivity index (χ1) is 11.2. The molecule has 0 aliphatic carbocycles. The lowest BCUT2D eigenvalue weighted by atomic mass is 10.1. The van der Waals surface area contributed by atoms with E-state index in [1.807, 2.05) is 30.3 Å². The van der Waals surface area contributed by atoms with Gasteiger partial charge in [-0.1, -0.05) is 47.3 Å². The fraction of sp³-hybridized carbons (Fsp3) is 0.267. The van der Waals surface area contributed by atoms with Crippen LogP contribution in [0.25, 0.3) is 11.2 Å². The Bertz CT molecular complexity index is 804. The Morgan fingerprint density at radius 2 is 2.09 bits per heavy atom. The molecule has 3 rings (SSSR count). The van der Waals surface area contributed by atoms with Gasteiger partial charge in [0.1, 0.15) is 11.4 Å². The number of fused-ring (bicyclic) bond motifs is 1. The van der Waals surface area contributed by atoms with Crippen LogP contribution in [0.3, 0.4) is 0 Å². The Kier molecular flexibility index (Phi) is 4.82. The predicted octanol–water partition coefficient (Wildman–Crippen LogP) is 1.21. The second kappa shape index (κ2) is 7.19. The second-order valence-electron chi connectivity index (χ2n) is 4.94. The van der Waals surface area contributed by atoms with E-state index in [1.165, 1.54) is 23.7 Å². The molecule has 1 amide bonds. The highest BCUT2D eigenvalue weighted by molar-refractivity contribution is 8.00. The molecular weight excluding hydrogens is 312 g/mol. The number of nitrogens with zero attached hydrogens (tertiary/aromatic N) is 5. The zero-order chi connectivity index (χ0) is 16.1. The minimum atomic E-state index is -0.0263. The van der Waals surface area contributed by atoms with Crippen molar-refractivity contribution in [1.29, 1.82) is 0 Å². The van der Waals surface area contributed by atoms with Crippen molar-refractivity contribution in [3.05, 3.63) is 42.2 Å². The smallest absolute Gasteiger partial charge is 0.230 e. The molecular formula is C15H16N6OS. The Balaban J connectivity index is 1.50. The summed E-state index contributed by atoms with van der Waals surface area (Å²) in [5.74, 6) is 0.263. The highest BCUT2D eigenvalue weighted by Crippen LogP contribution is 2.21. The van der Waals surface area contributed by atoms with Crippen LogP contribution in [-0.2, 0) is 18.3 Å². The lowest BCUT2D eigenvalue weighted by molar-refractivity contribution is -0.118. The molecule has 2 aromatic heterocycles. The van der Waals surface area contributed by atoms with Crippen LogP contribution >= 0.6 is 11.8 Å². The molecule has 1 aromatic carbocycles. The van der Waals surface area contributed by atoms with Crippen molar-refractivity contribution in [3.8, 4) is 0 Å². The average Bonchev–Trinajstić information content (AvgIpc) is 2.96. The van der Waals surface area contributed by atoms with Crippen LogP contribution in [0.1, 0.15) is 5.56 Å². The molecule has 3 aromatic rings. The first kappa shape index (κ1) is 15.4. The molecule has 0 bridgehead atoms. The quantitative estimate of drug-likeness (QED) is 0.541. The number of nitrogens with one attached hydrogen (secondary N) is 1. The van der Waals surface area contributed by atoms with E-state index in [4.69, 9.17) is 0 Å². The molecule has 0 aliphatic heterocycles. The third kappa shape index (κ3) is 3.84. The van der Waals surface area contributed by atoms with E-state index in [0.717, 1.165) is 6.42 Å². The lowest BCUT2D eigenvalue weighted by Crippen LogP contribution is -2.27. The first-order valence-electron chi connectivity index (χ1n) is 7.18. The van der Waals surface area contributed by atoms with Crippen molar-refractivity contribution in [3.63, 3.8) is 0 Å². The number of aromatic nitrogens is 5. The van der Waals surface area contributed by atoms with Gasteiger partial charge < -0.3 is 5.32 Å². The van der Waals surface area contributed by atoms with E-state index < -0.39 is 0 Å². The molecule has 23 heavy (non-hydrogen) atoms. The maximum Gasteiger partial charge on any atom is 0.230 e. The standard InChI is InChI=1S/C15H16N6OS/c1-21-14-13(19-20-21)15(18-10-17-14)23-9-12(22)16-8-7-11-5-3-2-4-6-11/h2-6,10H,7-9H2,1H3,(H,16,22). The lowest BCUT2D eigenvalue weighted by Gasteiger charge is -2.05. The van der Waals surface area contributed by atoms with Gasteiger partial charge in [0.15, 0.2) is 11.2 Å². The summed E-state index contributed by atoms with van der Waals surface area (Å²) in [7, 11) is 1.77. The SMILES string of the molecule is Cn1nnc2c(SCC(=O)NCCc3ccccc3)ncnc21. The molecule has 0 saturated heterocycles. The summed E-state index contributed by atoms with van der Waals surface area (Å²) in [6, 6.07) is 10.1. The summed E-state index contributed by atoms with van der Waals surface area (Å²) < 4.78 is 1.58. The average molecular weight is 328 g/mol. The molecule has 0 spiro atoms. The third-order valence-corrected chi connectivity index (χ3v) is 4.25. The number of hydrogen-bond acceptors (Lipinski definition) is 6. The third-order valence-electron chi connectivity index (χ3n) is 3.27. The molecule has 0 unspecified atom stereocenters. The summed E-state index contributed by atoms with van der Waals surface area (Å²) in [6.45, 7) is 0.619. The van der Waals surface area contributed by atoms with Gasteiger partial charge in [0.2, 0.25) is 5.91 Å². The normalized spacial score (nSPS) is 10.8. The molecule has 118 valence electrons. The van der Waals surface area contributed by atoms with Gasteiger partial charge in [-0.25, -0.2) is 14.6 Å². The number of thioether (sulfide) groups is 1. The Labute approximate surface area is 137 Å². The van der Waals surface area contributed by atoms with Crippen molar-refractivity contribution in [2.45, 2.75) is 11.4 Å². The number of rotatable bonds is 6. The van der Waals surface area contributed by atoms with Gasteiger partial charge >= 0.3 is 0 Å². The monoisotopic (exact) mass is 328 g/mol. The fourth-order valence-corrected chi connectivity index (χ4v) is 2.87. The highest BCUT2D eigenvalue weighted by Gasteiger charge is 2.11. The van der Waals surface area contributed by atoms with E-state index in [-0.39, 0.29) is 11.7 Å². The van der Waals surface area contributed by atoms with Crippen LogP contribution in [0.2, 0.25) is 0 Å². The summed E-state index contributed by atoms with van der Waals surface area (Å²) in [5.41, 5.74) is 2.49. The minimum absolute atomic E-state index is 0.0263. The van der Waals surface area contributed by atoms with E-state index >= 15 is 0 Å². The highest BCUT2D eigenvalue weighted by atomic mass is 32.2. The topological polar surface area (TPSA) is 85.6 Å². The molecule has 0 atom stereocenters. The number of aryl methyl sites for hydroxylation is 1. The number of carbonyl (C=O) groups excluding carboxylic acids is 1. The summed E-state index contributed by atoms with van der Waals surface area (Å²) in [5, 5.41) is 11.5. The zero-order valence-corrected chi connectivity index (χ0v) is 13.5. The molecule has 7 nitrogen and oxygen atoms in total. The predicted molar refractivity (Wildman–Crippen MR) is 88.0 cm³/mol. The molecule has 1 N–H and O–H groups in total. The molecule has 0 saturated carbocycles. The Hall–Kier alpha value is -2.48. The van der Waals surface area contributed by atoms with Crippen LogP contribution in [0, 0.1) is 0 Å². The number of hydrogen-bond donors (Lipinski definition) is 1. The maximum absolute atomic E-state index is 11.9. The maximum atomic E-state index is 11.9. The zero-order valence-electron chi connectivity index (χ0n) is 12.6. The van der Waals surface area contributed by atoms with E-state index in [9.17, 15) is 4.79 Å². The van der Waals surface area contributed by atoms with E-state index in [1.54, 1.807) is 11.7 Å². The van der Waals surface area contributed by atoms with Gasteiger partial charge in [-0.2, -0.15) is 0 Å². The van der Waals surface area contributed by atoms with Gasteiger partial charge in [-0.3, -0.25) is 4.79 Å². The van der Waals surface area contributed by atoms with Gasteiger partial charge in [0, 0.05) is 13.6 Å². The van der Waals surface area contributed by atoms with Crippen molar-refractivity contribution in [1.82, 2.24) is 30.3 Å². The van der Waals surface area contributed by atoms with E-state index in [0.29, 0.717) is 22.7 Å². The van der Waals surface area contributed by atoms with Gasteiger partial charge in [-0.05, 0) is 12.0 Å². The van der Waals surface area contributed by atoms with Crippen LogP contribution in [0.5, 0.6) is 0 Å². The van der Waals surface area contributed by atoms with Crippen LogP contribution in [0.15, 0.2) is 41.7 Å². The molecule has 8 heteroatoms. The summed E-state index contributed by atoms with van der Waals surface area (Å²) in [6.07, 6.45) is 2.28. The van der Waals surface area contributed by atoms with Gasteiger partial charge in [-0.15, -0.1) is 5.10 Å². The van der Waals surface area contributed by atoms with E-state index in [2.05, 4.69) is 25.6 Å². The summed E-state index contributed by atoms with van der Waals surface area (Å²) in [4.78, 5) is 20.2. The first-order valence-corrected chi connectivity index (χ1v) is 8.16. The van der Waals surface area contributed by atoms with Crippen LogP contribution in [0.4, 0.5) is 0 Å². The van der Waals surface area contributed by atoms with Crippen molar-refractivity contribution < 1.29 is 4.79 Å². The van der Waals surface area contributed by atoms with Crippen molar-refractivity contribution in [2.24, 2.45) is 7.05 Å². The molecule has 0 radical (unpaired) electrons. The van der Waals surface area contributed by atoms with Crippen LogP contribution in [-0.4, -0.2) is 43.2 Å². The van der Waals surface area contributed by atoms with Crippen molar-refractivity contribution in [2.75, 3.05) is 12.3 Å². The molecule has 0 fully saturated rings. The summed E-state index contributed by atoms with van der Waals surface area (Å²) >= 11 is 1.34. The Morgan fingerprint density at radius 1 is 1.26 bits per heavy atom. The fourth-order valence-electron chi connectivity index (χ4n) is 2.11. The largest absolute Gasteiger partial charge is 0.355 e. The number of amides is 1. The van der Waals surface area contributed by atoms with Gasteiger partial charge in [0.25, 0.3) is 0 Å². The number of carbonyl (C=O) groups is 1. The number of benzene rings is 1.